The van der Waals surface area contributed by atoms with E-state index in [1.54, 1.807) is 12.1 Å². The number of carbonyl (C=O) groups is 1. The van der Waals surface area contributed by atoms with E-state index in [-0.39, 0.29) is 11.7 Å². The Balaban J connectivity index is 1.62. The smallest absolute Gasteiger partial charge is 0.234 e. The Morgan fingerprint density at radius 3 is 2.79 bits per heavy atom. The van der Waals surface area contributed by atoms with Gasteiger partial charge in [-0.3, -0.25) is 9.80 Å². The molecule has 0 saturated heterocycles. The van der Waals surface area contributed by atoms with Crippen molar-refractivity contribution in [3.8, 4) is 5.75 Å². The summed E-state index contributed by atoms with van der Waals surface area (Å²) in [7, 11) is 0. The number of amides is 1. The van der Waals surface area contributed by atoms with Crippen LogP contribution in [0.4, 0.5) is 5.69 Å². The number of para-hydroxylation sites is 1. The van der Waals surface area contributed by atoms with Gasteiger partial charge in [0.15, 0.2) is 0 Å². The van der Waals surface area contributed by atoms with Crippen LogP contribution in [0, 0.1) is 6.92 Å². The highest BCUT2D eigenvalue weighted by atomic mass is 35.5. The fraction of sp³-hybridized carbons (Fsp3) is 0.250. The molecule has 2 aromatic rings. The Hall–Kier alpha value is -2.51. The van der Waals surface area contributed by atoms with Gasteiger partial charge >= 0.3 is 0 Å². The van der Waals surface area contributed by atoms with E-state index in [4.69, 9.17) is 16.3 Å². The molecule has 3 rings (SSSR count). The largest absolute Gasteiger partial charge is 0.441 e. The average molecular weight is 417 g/mol. The van der Waals surface area contributed by atoms with Crippen LogP contribution >= 0.6 is 23.4 Å². The molecule has 2 aromatic carbocycles. The monoisotopic (exact) mass is 416 g/mol. The summed E-state index contributed by atoms with van der Waals surface area (Å²) in [6.45, 7) is 5.08. The topological polar surface area (TPSA) is 66.3 Å². The zero-order chi connectivity index (χ0) is 19.9. The number of nitrogens with one attached hydrogen (secondary N) is 1. The van der Waals surface area contributed by atoms with Gasteiger partial charge in [-0.15, -0.1) is 5.10 Å². The second-order valence-corrected chi connectivity index (χ2v) is 7.38. The quantitative estimate of drug-likeness (QED) is 0.784. The number of thioether (sulfide) groups is 1. The number of benzene rings is 2. The molecule has 28 heavy (non-hydrogen) atoms. The van der Waals surface area contributed by atoms with Crippen molar-refractivity contribution in [2.75, 3.05) is 24.2 Å². The molecule has 0 radical (unpaired) electrons. The Bertz CT molecular complexity index is 902. The molecule has 0 atom stereocenters. The number of ether oxygens (including phenoxy) is 1. The van der Waals surface area contributed by atoms with Gasteiger partial charge in [0.05, 0.1) is 5.75 Å². The molecule has 6 nitrogen and oxygen atoms in total. The van der Waals surface area contributed by atoms with Gasteiger partial charge in [-0.1, -0.05) is 47.6 Å². The van der Waals surface area contributed by atoms with E-state index < -0.39 is 0 Å². The van der Waals surface area contributed by atoms with Gasteiger partial charge in [0.2, 0.25) is 17.0 Å². The van der Waals surface area contributed by atoms with E-state index in [0.29, 0.717) is 28.3 Å². The van der Waals surface area contributed by atoms with Crippen LogP contribution in [0.3, 0.4) is 0 Å². The van der Waals surface area contributed by atoms with E-state index >= 15 is 0 Å². The summed E-state index contributed by atoms with van der Waals surface area (Å²) >= 11 is 7.36. The highest BCUT2D eigenvalue weighted by Gasteiger charge is 2.18. The summed E-state index contributed by atoms with van der Waals surface area (Å²) < 4.78 is 5.85. The molecule has 0 spiro atoms. The molecule has 1 aliphatic rings. The third-order valence-corrected chi connectivity index (χ3v) is 5.23. The minimum Gasteiger partial charge on any atom is -0.441 e. The van der Waals surface area contributed by atoms with Crippen LogP contribution in [-0.2, 0) is 4.79 Å². The van der Waals surface area contributed by atoms with Gasteiger partial charge in [0.1, 0.15) is 12.3 Å². The van der Waals surface area contributed by atoms with Crippen LogP contribution in [-0.4, -0.2) is 40.8 Å². The van der Waals surface area contributed by atoms with E-state index in [1.807, 2.05) is 55.3 Å². The maximum atomic E-state index is 12.3. The van der Waals surface area contributed by atoms with Crippen molar-refractivity contribution in [2.24, 2.45) is 10.1 Å². The predicted molar refractivity (Wildman–Crippen MR) is 116 cm³/mol. The highest BCUT2D eigenvalue weighted by Crippen LogP contribution is 2.23. The first kappa shape index (κ1) is 20.2. The van der Waals surface area contributed by atoms with E-state index in [9.17, 15) is 4.79 Å². The van der Waals surface area contributed by atoms with Gasteiger partial charge < -0.3 is 10.1 Å². The van der Waals surface area contributed by atoms with Crippen molar-refractivity contribution in [3.05, 3.63) is 59.1 Å². The summed E-state index contributed by atoms with van der Waals surface area (Å²) in [6, 6.07) is 14.9. The molecular formula is C20H21ClN4O2S. The fourth-order valence-corrected chi connectivity index (χ4v) is 3.31. The Morgan fingerprint density at radius 1 is 1.25 bits per heavy atom. The van der Waals surface area contributed by atoms with Crippen LogP contribution in [0.1, 0.15) is 12.5 Å². The van der Waals surface area contributed by atoms with Crippen LogP contribution in [0.5, 0.6) is 5.75 Å². The normalized spacial score (nSPS) is 13.6. The molecule has 1 N–H and O–H groups in total. The van der Waals surface area contributed by atoms with Crippen molar-refractivity contribution < 1.29 is 9.53 Å². The van der Waals surface area contributed by atoms with E-state index in [0.717, 1.165) is 17.9 Å². The molecule has 1 amide bonds. The van der Waals surface area contributed by atoms with Gasteiger partial charge in [0.25, 0.3) is 0 Å². The highest BCUT2D eigenvalue weighted by molar-refractivity contribution is 8.14. The number of rotatable bonds is 5. The number of hydrogen-bond donors (Lipinski definition) is 1. The standard InChI is InChI=1S/C20H21ClN4O2S/c1-3-25-12-19(27-15-8-5-4-6-9-15)23-20(24-25)28-13-18(26)22-17-11-7-10-16(21)14(17)2/h4-11H,3,12-13H2,1-2H3,(H,22,26). The Kier molecular flexibility index (Phi) is 6.95. The van der Waals surface area contributed by atoms with Gasteiger partial charge in [-0.05, 0) is 43.7 Å². The third-order valence-electron chi connectivity index (χ3n) is 3.98. The number of anilines is 1. The predicted octanol–water partition coefficient (Wildman–Crippen LogP) is 4.40. The second-order valence-electron chi connectivity index (χ2n) is 6.03. The van der Waals surface area contributed by atoms with Gasteiger partial charge in [-0.2, -0.15) is 4.99 Å². The summed E-state index contributed by atoms with van der Waals surface area (Å²) in [5.74, 6) is 1.31. The van der Waals surface area contributed by atoms with Crippen LogP contribution in [0.25, 0.3) is 0 Å². The summed E-state index contributed by atoms with van der Waals surface area (Å²) in [5.41, 5.74) is 1.54. The molecule has 1 heterocycles. The van der Waals surface area contributed by atoms with Gasteiger partial charge in [-0.25, -0.2) is 0 Å². The number of hydrazone groups is 1. The van der Waals surface area contributed by atoms with Gasteiger partial charge in [0, 0.05) is 17.3 Å². The molecule has 0 bridgehead atoms. The maximum absolute atomic E-state index is 12.3. The van der Waals surface area contributed by atoms with Crippen molar-refractivity contribution >= 4 is 46.0 Å². The number of aliphatic imine (C=N–C) groups is 1. The average Bonchev–Trinajstić information content (AvgIpc) is 2.70. The molecule has 1 aliphatic heterocycles. The number of carbonyl (C=O) groups excluding carboxylic acids is 1. The summed E-state index contributed by atoms with van der Waals surface area (Å²) in [5, 5.41) is 10.3. The Morgan fingerprint density at radius 2 is 2.04 bits per heavy atom. The van der Waals surface area contributed by atoms with E-state index in [2.05, 4.69) is 15.4 Å². The lowest BCUT2D eigenvalue weighted by molar-refractivity contribution is -0.113. The minimum atomic E-state index is -0.146. The van der Waals surface area contributed by atoms with Crippen LogP contribution in [0.15, 0.2) is 58.6 Å². The Labute approximate surface area is 173 Å². The lowest BCUT2D eigenvalue weighted by atomic mass is 10.2. The number of halogens is 1. The zero-order valence-electron chi connectivity index (χ0n) is 15.7. The van der Waals surface area contributed by atoms with Crippen molar-refractivity contribution in [2.45, 2.75) is 13.8 Å². The number of hydrogen-bond acceptors (Lipinski definition) is 6. The lowest BCUT2D eigenvalue weighted by Gasteiger charge is -2.23. The van der Waals surface area contributed by atoms with Crippen molar-refractivity contribution in [1.82, 2.24) is 5.01 Å². The number of amidine groups is 1. The minimum absolute atomic E-state index is 0.146. The molecule has 8 heteroatoms. The summed E-state index contributed by atoms with van der Waals surface area (Å²) in [6.07, 6.45) is 0. The number of nitrogens with zero attached hydrogens (tertiary/aromatic N) is 3. The number of likely N-dealkylation sites (N-methyl/N-ethyl adjacent to an activating group) is 1. The molecule has 146 valence electrons. The molecular weight excluding hydrogens is 396 g/mol. The van der Waals surface area contributed by atoms with Crippen molar-refractivity contribution in [3.63, 3.8) is 0 Å². The molecule has 0 aliphatic carbocycles. The zero-order valence-corrected chi connectivity index (χ0v) is 17.3. The third kappa shape index (κ3) is 5.50. The van der Waals surface area contributed by atoms with Crippen molar-refractivity contribution in [1.29, 1.82) is 0 Å². The molecule has 0 aromatic heterocycles. The lowest BCUT2D eigenvalue weighted by Crippen LogP contribution is -2.33. The van der Waals surface area contributed by atoms with Crippen LogP contribution in [0.2, 0.25) is 5.02 Å². The first-order chi connectivity index (χ1) is 13.5. The molecule has 0 unspecified atom stereocenters. The maximum Gasteiger partial charge on any atom is 0.234 e. The van der Waals surface area contributed by atoms with E-state index in [1.165, 1.54) is 11.8 Å². The second kappa shape index (κ2) is 9.61. The SMILES string of the molecule is CCN1CC(Oc2ccccc2)=NC(SCC(=O)Nc2cccc(Cl)c2C)=N1. The first-order valence-corrected chi connectivity index (χ1v) is 10.2. The first-order valence-electron chi connectivity index (χ1n) is 8.87. The molecule has 0 fully saturated rings. The fourth-order valence-electron chi connectivity index (χ4n) is 2.46. The van der Waals surface area contributed by atoms with Crippen LogP contribution < -0.4 is 10.1 Å². The molecule has 0 saturated carbocycles. The summed E-state index contributed by atoms with van der Waals surface area (Å²) in [4.78, 5) is 16.8.